The summed E-state index contributed by atoms with van der Waals surface area (Å²) in [7, 11) is 1.45. The van der Waals surface area contributed by atoms with Crippen molar-refractivity contribution in [2.24, 2.45) is 0 Å². The highest BCUT2D eigenvalue weighted by Gasteiger charge is 2.22. The third kappa shape index (κ3) is 3.54. The van der Waals surface area contributed by atoms with Gasteiger partial charge in [0, 0.05) is 17.5 Å². The number of hydrogen-bond acceptors (Lipinski definition) is 6. The molecule has 4 aromatic rings. The van der Waals surface area contributed by atoms with Crippen LogP contribution in [0, 0.1) is 18.6 Å². The maximum absolute atomic E-state index is 14.3. The number of hydrogen-bond donors (Lipinski definition) is 1. The Labute approximate surface area is 172 Å². The molecular formula is C19H13ClF2N4O2S. The SMILES string of the molecule is CNc1nc(=O)n(-c2nc(-c3ccc(C)s3)oc2-c2ccc(Cl)c(F)c2)cc1F. The molecule has 3 heterocycles. The van der Waals surface area contributed by atoms with Crippen LogP contribution >= 0.6 is 22.9 Å². The maximum atomic E-state index is 14.3. The molecule has 0 fully saturated rings. The standard InChI is InChI=1S/C19H13ClF2N4O2S/c1-9-3-6-14(29-9)18-25-17(26-8-13(22)16(23-2)24-19(26)27)15(28-18)10-4-5-11(20)12(21)7-10/h3-8H,1-2H3,(H,23,24,27). The molecule has 10 heteroatoms. The van der Waals surface area contributed by atoms with Crippen molar-refractivity contribution in [1.82, 2.24) is 14.5 Å². The van der Waals surface area contributed by atoms with E-state index >= 15 is 0 Å². The molecule has 0 atom stereocenters. The maximum Gasteiger partial charge on any atom is 0.355 e. The number of benzene rings is 1. The summed E-state index contributed by atoms with van der Waals surface area (Å²) in [6, 6.07) is 7.75. The second kappa shape index (κ2) is 7.41. The first-order valence-corrected chi connectivity index (χ1v) is 9.57. The van der Waals surface area contributed by atoms with Gasteiger partial charge in [-0.1, -0.05) is 11.6 Å². The molecule has 0 aliphatic rings. The van der Waals surface area contributed by atoms with Crippen LogP contribution in [0.1, 0.15) is 4.88 Å². The Morgan fingerprint density at radius 2 is 1.97 bits per heavy atom. The van der Waals surface area contributed by atoms with Gasteiger partial charge in [-0.15, -0.1) is 11.3 Å². The van der Waals surface area contributed by atoms with Crippen LogP contribution in [0.15, 0.2) is 45.7 Å². The number of rotatable bonds is 4. The molecule has 0 aliphatic carbocycles. The molecule has 148 valence electrons. The fraction of sp³-hybridized carbons (Fsp3) is 0.105. The summed E-state index contributed by atoms with van der Waals surface area (Å²) in [6.07, 6.45) is 0.957. The molecule has 29 heavy (non-hydrogen) atoms. The Hall–Kier alpha value is -3.04. The first-order valence-electron chi connectivity index (χ1n) is 8.37. The second-order valence-corrected chi connectivity index (χ2v) is 7.75. The number of oxazole rings is 1. The largest absolute Gasteiger partial charge is 0.433 e. The minimum Gasteiger partial charge on any atom is -0.433 e. The third-order valence-electron chi connectivity index (χ3n) is 4.09. The molecule has 0 saturated heterocycles. The van der Waals surface area contributed by atoms with Crippen LogP contribution in [-0.4, -0.2) is 21.6 Å². The van der Waals surface area contributed by atoms with E-state index in [0.717, 1.165) is 21.7 Å². The van der Waals surface area contributed by atoms with Crippen molar-refractivity contribution < 1.29 is 13.2 Å². The smallest absolute Gasteiger partial charge is 0.355 e. The number of thiophene rings is 1. The molecule has 1 N–H and O–H groups in total. The van der Waals surface area contributed by atoms with Crippen molar-refractivity contribution in [3.63, 3.8) is 0 Å². The van der Waals surface area contributed by atoms with Gasteiger partial charge in [0.15, 0.2) is 23.2 Å². The van der Waals surface area contributed by atoms with Crippen LogP contribution in [0.2, 0.25) is 5.02 Å². The molecule has 4 rings (SSSR count). The van der Waals surface area contributed by atoms with Crippen molar-refractivity contribution in [3.8, 4) is 27.9 Å². The Balaban J connectivity index is 1.97. The van der Waals surface area contributed by atoms with Crippen LogP contribution in [0.4, 0.5) is 14.6 Å². The Morgan fingerprint density at radius 1 is 1.17 bits per heavy atom. The predicted molar refractivity (Wildman–Crippen MR) is 108 cm³/mol. The van der Waals surface area contributed by atoms with Crippen LogP contribution in [-0.2, 0) is 0 Å². The quantitative estimate of drug-likeness (QED) is 0.494. The molecule has 0 aliphatic heterocycles. The van der Waals surface area contributed by atoms with E-state index in [0.29, 0.717) is 10.4 Å². The van der Waals surface area contributed by atoms with Crippen LogP contribution in [0.5, 0.6) is 0 Å². The van der Waals surface area contributed by atoms with Gasteiger partial charge >= 0.3 is 5.69 Å². The van der Waals surface area contributed by atoms with Gasteiger partial charge in [-0.05, 0) is 37.3 Å². The number of nitrogens with one attached hydrogen (secondary N) is 1. The van der Waals surface area contributed by atoms with Gasteiger partial charge in [-0.25, -0.2) is 18.1 Å². The van der Waals surface area contributed by atoms with E-state index in [1.165, 1.54) is 30.5 Å². The summed E-state index contributed by atoms with van der Waals surface area (Å²) in [6.45, 7) is 1.92. The Bertz CT molecular complexity index is 1280. The van der Waals surface area contributed by atoms with Crippen molar-refractivity contribution in [1.29, 1.82) is 0 Å². The first kappa shape index (κ1) is 19.3. The highest BCUT2D eigenvalue weighted by Crippen LogP contribution is 2.35. The highest BCUT2D eigenvalue weighted by atomic mass is 35.5. The van der Waals surface area contributed by atoms with E-state index in [9.17, 15) is 13.6 Å². The average Bonchev–Trinajstić information content (AvgIpc) is 3.32. The van der Waals surface area contributed by atoms with Gasteiger partial charge in [0.2, 0.25) is 5.89 Å². The van der Waals surface area contributed by atoms with E-state index in [-0.39, 0.29) is 28.3 Å². The van der Waals surface area contributed by atoms with Crippen molar-refractivity contribution in [2.75, 3.05) is 12.4 Å². The zero-order valence-corrected chi connectivity index (χ0v) is 16.7. The summed E-state index contributed by atoms with van der Waals surface area (Å²) in [4.78, 5) is 22.3. The van der Waals surface area contributed by atoms with Crippen LogP contribution in [0.25, 0.3) is 27.9 Å². The fourth-order valence-electron chi connectivity index (χ4n) is 2.72. The lowest BCUT2D eigenvalue weighted by Crippen LogP contribution is -2.23. The molecule has 0 amide bonds. The molecule has 3 aromatic heterocycles. The fourth-order valence-corrected chi connectivity index (χ4v) is 3.63. The number of nitrogens with zero attached hydrogens (tertiary/aromatic N) is 3. The lowest BCUT2D eigenvalue weighted by Gasteiger charge is -2.07. The monoisotopic (exact) mass is 434 g/mol. The zero-order valence-electron chi connectivity index (χ0n) is 15.2. The van der Waals surface area contributed by atoms with E-state index in [4.69, 9.17) is 16.0 Å². The summed E-state index contributed by atoms with van der Waals surface area (Å²) < 4.78 is 35.1. The molecule has 0 unspecified atom stereocenters. The van der Waals surface area contributed by atoms with Crippen LogP contribution < -0.4 is 11.0 Å². The molecule has 0 spiro atoms. The van der Waals surface area contributed by atoms with Crippen LogP contribution in [0.3, 0.4) is 0 Å². The van der Waals surface area contributed by atoms with E-state index in [1.807, 2.05) is 19.1 Å². The van der Waals surface area contributed by atoms with Gasteiger partial charge in [0.05, 0.1) is 16.1 Å². The summed E-state index contributed by atoms with van der Waals surface area (Å²) in [5, 5.41) is 2.44. The zero-order chi connectivity index (χ0) is 20.7. The van der Waals surface area contributed by atoms with Gasteiger partial charge in [-0.3, -0.25) is 0 Å². The van der Waals surface area contributed by atoms with E-state index in [1.54, 1.807) is 0 Å². The highest BCUT2D eigenvalue weighted by molar-refractivity contribution is 7.15. The van der Waals surface area contributed by atoms with Gasteiger partial charge < -0.3 is 9.73 Å². The number of aryl methyl sites for hydroxylation is 1. The Morgan fingerprint density at radius 3 is 2.62 bits per heavy atom. The average molecular weight is 435 g/mol. The van der Waals surface area contributed by atoms with Crippen molar-refractivity contribution in [2.45, 2.75) is 6.92 Å². The van der Waals surface area contributed by atoms with Gasteiger partial charge in [0.1, 0.15) is 5.82 Å². The minimum atomic E-state index is -0.770. The number of halogens is 3. The predicted octanol–water partition coefficient (Wildman–Crippen LogP) is 4.90. The van der Waals surface area contributed by atoms with Gasteiger partial charge in [-0.2, -0.15) is 9.97 Å². The number of anilines is 1. The lowest BCUT2D eigenvalue weighted by atomic mass is 10.1. The topological polar surface area (TPSA) is 73.0 Å². The van der Waals surface area contributed by atoms with E-state index < -0.39 is 17.3 Å². The molecule has 1 aromatic carbocycles. The molecule has 6 nitrogen and oxygen atoms in total. The molecule has 0 saturated carbocycles. The second-order valence-electron chi connectivity index (χ2n) is 6.05. The molecule has 0 radical (unpaired) electrons. The molecule has 0 bridgehead atoms. The lowest BCUT2D eigenvalue weighted by molar-refractivity contribution is 0.585. The van der Waals surface area contributed by atoms with Gasteiger partial charge in [0.25, 0.3) is 0 Å². The summed E-state index contributed by atoms with van der Waals surface area (Å²) in [5.74, 6) is -1.32. The van der Waals surface area contributed by atoms with Crippen molar-refractivity contribution in [3.05, 3.63) is 68.5 Å². The van der Waals surface area contributed by atoms with E-state index in [2.05, 4.69) is 15.3 Å². The minimum absolute atomic E-state index is 0.00757. The summed E-state index contributed by atoms with van der Waals surface area (Å²) in [5.41, 5.74) is -0.479. The number of aromatic nitrogens is 3. The Kier molecular flexibility index (Phi) is 4.93. The summed E-state index contributed by atoms with van der Waals surface area (Å²) >= 11 is 7.20. The van der Waals surface area contributed by atoms with Crippen molar-refractivity contribution >= 4 is 28.8 Å². The molecular weight excluding hydrogens is 422 g/mol. The third-order valence-corrected chi connectivity index (χ3v) is 5.38. The first-order chi connectivity index (χ1) is 13.9. The normalized spacial score (nSPS) is 11.1.